The van der Waals surface area contributed by atoms with Crippen LogP contribution < -0.4 is 0 Å². The van der Waals surface area contributed by atoms with Crippen LogP contribution in [0.1, 0.15) is 23.3 Å². The predicted molar refractivity (Wildman–Crippen MR) is 64.8 cm³/mol. The van der Waals surface area contributed by atoms with Gasteiger partial charge in [0.25, 0.3) is 0 Å². The number of amides is 1. The van der Waals surface area contributed by atoms with E-state index in [1.54, 1.807) is 18.4 Å². The fraction of sp³-hybridized carbons (Fsp3) is 0.500. The van der Waals surface area contributed by atoms with Gasteiger partial charge in [-0.1, -0.05) is 0 Å². The number of hydrogen-bond donors (Lipinski definition) is 1. The van der Waals surface area contributed by atoms with Crippen molar-refractivity contribution in [3.8, 4) is 0 Å². The van der Waals surface area contributed by atoms with Crippen molar-refractivity contribution in [2.24, 2.45) is 5.41 Å². The third-order valence-electron chi connectivity index (χ3n) is 3.26. The molecule has 0 saturated heterocycles. The summed E-state index contributed by atoms with van der Waals surface area (Å²) in [6, 6.07) is 2.00. The zero-order valence-electron chi connectivity index (χ0n) is 9.90. The van der Waals surface area contributed by atoms with Gasteiger partial charge in [0.2, 0.25) is 5.91 Å². The molecule has 0 aliphatic heterocycles. The van der Waals surface area contributed by atoms with Gasteiger partial charge in [-0.15, -0.1) is 11.3 Å². The normalized spacial score (nSPS) is 16.6. The maximum Gasteiger partial charge on any atom is 0.319 e. The molecular weight excluding hydrogens is 238 g/mol. The second-order valence-electron chi connectivity index (χ2n) is 4.58. The maximum atomic E-state index is 12.1. The number of carboxylic acid groups (broad SMARTS) is 1. The van der Waals surface area contributed by atoms with Crippen molar-refractivity contribution >= 4 is 23.2 Å². The maximum absolute atomic E-state index is 12.1. The molecule has 1 aromatic heterocycles. The monoisotopic (exact) mass is 253 g/mol. The number of carboxylic acids is 1. The molecular formula is C12H15NO3S. The number of carbonyl (C=O) groups is 2. The summed E-state index contributed by atoms with van der Waals surface area (Å²) in [6.45, 7) is 2.49. The quantitative estimate of drug-likeness (QED) is 0.833. The van der Waals surface area contributed by atoms with E-state index >= 15 is 0 Å². The van der Waals surface area contributed by atoms with Gasteiger partial charge in [-0.3, -0.25) is 9.59 Å². The molecule has 0 radical (unpaired) electrons. The highest BCUT2D eigenvalue weighted by Gasteiger charge is 2.58. The summed E-state index contributed by atoms with van der Waals surface area (Å²) < 4.78 is 0. The van der Waals surface area contributed by atoms with Crippen LogP contribution in [0.15, 0.2) is 11.4 Å². The lowest BCUT2D eigenvalue weighted by Gasteiger charge is -2.20. The number of aliphatic carboxylic acids is 1. The molecule has 92 valence electrons. The van der Waals surface area contributed by atoms with Crippen LogP contribution in [0.2, 0.25) is 0 Å². The van der Waals surface area contributed by atoms with Crippen molar-refractivity contribution in [2.45, 2.75) is 26.3 Å². The molecule has 1 aromatic rings. The minimum Gasteiger partial charge on any atom is -0.480 e. The number of rotatable bonds is 4. The summed E-state index contributed by atoms with van der Waals surface area (Å²) in [5.41, 5.74) is 0.0229. The highest BCUT2D eigenvalue weighted by atomic mass is 32.1. The Hall–Kier alpha value is -1.36. The van der Waals surface area contributed by atoms with Crippen LogP contribution in [0.5, 0.6) is 0 Å². The first kappa shape index (κ1) is 12.1. The lowest BCUT2D eigenvalue weighted by Crippen LogP contribution is -2.38. The average molecular weight is 253 g/mol. The predicted octanol–water partition coefficient (Wildman–Crippen LogP) is 1.88. The third kappa shape index (κ3) is 2.07. The molecule has 1 aliphatic rings. The standard InChI is InChI=1S/C12H15NO3S/c1-8-3-6-17-9(8)7-13(2)10(14)12(4-5-12)11(15)16/h3,6H,4-5,7H2,1-2H3,(H,15,16). The van der Waals surface area contributed by atoms with Crippen molar-refractivity contribution in [1.29, 1.82) is 0 Å². The molecule has 5 heteroatoms. The Balaban J connectivity index is 2.06. The van der Waals surface area contributed by atoms with Crippen molar-refractivity contribution < 1.29 is 14.7 Å². The van der Waals surface area contributed by atoms with Gasteiger partial charge in [-0.2, -0.15) is 0 Å². The van der Waals surface area contributed by atoms with Crippen LogP contribution in [-0.2, 0) is 16.1 Å². The summed E-state index contributed by atoms with van der Waals surface area (Å²) in [5, 5.41) is 11.0. The van der Waals surface area contributed by atoms with Crippen LogP contribution in [0.25, 0.3) is 0 Å². The van der Waals surface area contributed by atoms with Crippen LogP contribution in [-0.4, -0.2) is 28.9 Å². The van der Waals surface area contributed by atoms with Gasteiger partial charge >= 0.3 is 5.97 Å². The summed E-state index contributed by atoms with van der Waals surface area (Å²) in [6.07, 6.45) is 0.934. The van der Waals surface area contributed by atoms with Crippen LogP contribution in [0.4, 0.5) is 0 Å². The lowest BCUT2D eigenvalue weighted by atomic mass is 10.1. The molecule has 1 heterocycles. The minimum absolute atomic E-state index is 0.266. The molecule has 1 fully saturated rings. The van der Waals surface area contributed by atoms with Gasteiger partial charge in [0.15, 0.2) is 0 Å². The van der Waals surface area contributed by atoms with E-state index in [-0.39, 0.29) is 5.91 Å². The molecule has 0 unspecified atom stereocenters. The molecule has 1 amide bonds. The number of thiophene rings is 1. The molecule has 0 bridgehead atoms. The van der Waals surface area contributed by atoms with E-state index in [2.05, 4.69) is 0 Å². The minimum atomic E-state index is -1.13. The Bertz CT molecular complexity index is 462. The fourth-order valence-electron chi connectivity index (χ4n) is 1.86. The first-order valence-corrected chi connectivity index (χ1v) is 6.37. The molecule has 0 aromatic carbocycles. The molecule has 0 spiro atoms. The smallest absolute Gasteiger partial charge is 0.319 e. The van der Waals surface area contributed by atoms with E-state index in [4.69, 9.17) is 5.11 Å². The second kappa shape index (κ2) is 4.14. The zero-order chi connectivity index (χ0) is 12.6. The van der Waals surface area contributed by atoms with Gasteiger partial charge in [-0.05, 0) is 36.8 Å². The van der Waals surface area contributed by atoms with E-state index in [1.807, 2.05) is 18.4 Å². The number of aryl methyl sites for hydroxylation is 1. The topological polar surface area (TPSA) is 57.6 Å². The second-order valence-corrected chi connectivity index (χ2v) is 5.58. The third-order valence-corrected chi connectivity index (χ3v) is 4.27. The van der Waals surface area contributed by atoms with Gasteiger partial charge < -0.3 is 10.0 Å². The molecule has 4 nitrogen and oxygen atoms in total. The lowest BCUT2D eigenvalue weighted by molar-refractivity contribution is -0.153. The van der Waals surface area contributed by atoms with Crippen LogP contribution in [0.3, 0.4) is 0 Å². The van der Waals surface area contributed by atoms with Gasteiger partial charge in [0.05, 0.1) is 6.54 Å². The highest BCUT2D eigenvalue weighted by molar-refractivity contribution is 7.10. The summed E-state index contributed by atoms with van der Waals surface area (Å²) in [4.78, 5) is 25.8. The molecule has 0 atom stereocenters. The van der Waals surface area contributed by atoms with Crippen LogP contribution >= 0.6 is 11.3 Å². The Morgan fingerprint density at radius 3 is 2.59 bits per heavy atom. The SMILES string of the molecule is Cc1ccsc1CN(C)C(=O)C1(C(=O)O)CC1. The van der Waals surface area contributed by atoms with E-state index < -0.39 is 11.4 Å². The van der Waals surface area contributed by atoms with Gasteiger partial charge in [0.1, 0.15) is 5.41 Å². The first-order valence-electron chi connectivity index (χ1n) is 5.49. The largest absolute Gasteiger partial charge is 0.480 e. The Kier molecular flexibility index (Phi) is 2.95. The first-order chi connectivity index (χ1) is 7.97. The number of hydrogen-bond acceptors (Lipinski definition) is 3. The van der Waals surface area contributed by atoms with Crippen molar-refractivity contribution in [3.05, 3.63) is 21.9 Å². The Morgan fingerprint density at radius 1 is 1.53 bits per heavy atom. The molecule has 1 saturated carbocycles. The zero-order valence-corrected chi connectivity index (χ0v) is 10.7. The number of nitrogens with zero attached hydrogens (tertiary/aromatic N) is 1. The molecule has 17 heavy (non-hydrogen) atoms. The number of carbonyl (C=O) groups excluding carboxylic acids is 1. The summed E-state index contributed by atoms with van der Waals surface area (Å²) in [7, 11) is 1.67. The average Bonchev–Trinajstić information content (AvgIpc) is 3.00. The van der Waals surface area contributed by atoms with Crippen molar-refractivity contribution in [1.82, 2.24) is 4.90 Å². The van der Waals surface area contributed by atoms with Gasteiger partial charge in [-0.25, -0.2) is 0 Å². The fourth-order valence-corrected chi connectivity index (χ4v) is 2.82. The van der Waals surface area contributed by atoms with E-state index in [1.165, 1.54) is 4.90 Å². The van der Waals surface area contributed by atoms with Gasteiger partial charge in [0, 0.05) is 11.9 Å². The van der Waals surface area contributed by atoms with E-state index in [0.29, 0.717) is 19.4 Å². The Morgan fingerprint density at radius 2 is 2.18 bits per heavy atom. The Labute approximate surface area is 104 Å². The summed E-state index contributed by atoms with van der Waals surface area (Å²) >= 11 is 1.59. The highest BCUT2D eigenvalue weighted by Crippen LogP contribution is 2.47. The van der Waals surface area contributed by atoms with Crippen LogP contribution in [0, 0.1) is 12.3 Å². The summed E-state index contributed by atoms with van der Waals surface area (Å²) in [5.74, 6) is -1.25. The molecule has 1 aliphatic carbocycles. The van der Waals surface area contributed by atoms with Crippen molar-refractivity contribution in [3.63, 3.8) is 0 Å². The van der Waals surface area contributed by atoms with E-state index in [0.717, 1.165) is 10.4 Å². The molecule has 1 N–H and O–H groups in total. The van der Waals surface area contributed by atoms with Crippen molar-refractivity contribution in [2.75, 3.05) is 7.05 Å². The molecule has 2 rings (SSSR count). The van der Waals surface area contributed by atoms with E-state index in [9.17, 15) is 9.59 Å².